The Morgan fingerprint density at radius 2 is 1.85 bits per heavy atom. The van der Waals surface area contributed by atoms with E-state index in [0.717, 1.165) is 38.9 Å². The number of hydrogen-bond donors (Lipinski definition) is 4. The Hall–Kier alpha value is -0.810. The third-order valence-corrected chi connectivity index (χ3v) is 1.61. The van der Waals surface area contributed by atoms with Crippen molar-refractivity contribution < 1.29 is 9.90 Å². The minimum atomic E-state index is -0.955. The van der Waals surface area contributed by atoms with Crippen molar-refractivity contribution in [3.8, 4) is 0 Å². The summed E-state index contributed by atoms with van der Waals surface area (Å²) in [6.07, 6.45) is 2.00. The predicted molar refractivity (Wildman–Crippen MR) is 51.8 cm³/mol. The molecule has 0 saturated carbocycles. The van der Waals surface area contributed by atoms with E-state index < -0.39 is 6.09 Å². The highest BCUT2D eigenvalue weighted by Crippen LogP contribution is 1.82. The van der Waals surface area contributed by atoms with Crippen LogP contribution < -0.4 is 16.4 Å². The number of hydrogen-bond acceptors (Lipinski definition) is 3. The molecule has 78 valence electrons. The lowest BCUT2D eigenvalue weighted by molar-refractivity contribution is 0.194. The summed E-state index contributed by atoms with van der Waals surface area (Å²) in [6, 6.07) is 0. The lowest BCUT2D eigenvalue weighted by Gasteiger charge is -2.03. The van der Waals surface area contributed by atoms with Crippen LogP contribution in [-0.2, 0) is 0 Å². The zero-order valence-corrected chi connectivity index (χ0v) is 7.88. The van der Waals surface area contributed by atoms with E-state index in [0.29, 0.717) is 6.54 Å². The summed E-state index contributed by atoms with van der Waals surface area (Å²) in [5, 5.41) is 13.8. The molecule has 0 fully saturated rings. The molecule has 0 unspecified atom stereocenters. The molecule has 5 N–H and O–H groups in total. The Labute approximate surface area is 78.7 Å². The fraction of sp³-hybridized carbons (Fsp3) is 0.875. The Morgan fingerprint density at radius 1 is 1.15 bits per heavy atom. The Morgan fingerprint density at radius 3 is 2.46 bits per heavy atom. The maximum atomic E-state index is 10.0. The van der Waals surface area contributed by atoms with Crippen molar-refractivity contribution in [2.45, 2.75) is 19.3 Å². The van der Waals surface area contributed by atoms with E-state index in [-0.39, 0.29) is 0 Å². The van der Waals surface area contributed by atoms with Crippen molar-refractivity contribution in [2.75, 3.05) is 26.2 Å². The summed E-state index contributed by atoms with van der Waals surface area (Å²) < 4.78 is 0. The Bertz CT molecular complexity index is 131. The smallest absolute Gasteiger partial charge is 0.404 e. The molecule has 0 saturated heterocycles. The van der Waals surface area contributed by atoms with Crippen LogP contribution in [-0.4, -0.2) is 37.4 Å². The largest absolute Gasteiger partial charge is 0.465 e. The van der Waals surface area contributed by atoms with E-state index in [1.807, 2.05) is 0 Å². The lowest BCUT2D eigenvalue weighted by atomic mass is 10.3. The summed E-state index contributed by atoms with van der Waals surface area (Å²) in [5.41, 5.74) is 5.32. The molecule has 5 nitrogen and oxygen atoms in total. The fourth-order valence-corrected chi connectivity index (χ4v) is 0.928. The maximum Gasteiger partial charge on any atom is 0.404 e. The zero-order valence-electron chi connectivity index (χ0n) is 7.88. The van der Waals surface area contributed by atoms with Gasteiger partial charge in [0.05, 0.1) is 0 Å². The first-order valence-corrected chi connectivity index (χ1v) is 4.65. The number of carbonyl (C=O) groups is 1. The molecule has 0 bridgehead atoms. The molecule has 0 spiro atoms. The van der Waals surface area contributed by atoms with Gasteiger partial charge in [-0.05, 0) is 38.9 Å². The number of unbranched alkanes of at least 4 members (excludes halogenated alkanes) is 1. The molecule has 0 aliphatic rings. The number of rotatable bonds is 8. The fourth-order valence-electron chi connectivity index (χ4n) is 0.928. The third-order valence-electron chi connectivity index (χ3n) is 1.61. The highest BCUT2D eigenvalue weighted by Gasteiger charge is 1.92. The minimum Gasteiger partial charge on any atom is -0.465 e. The normalized spacial score (nSPS) is 9.92. The molecule has 0 radical (unpaired) electrons. The standard InChI is InChI=1S/C8H19N3O2/c9-4-1-2-5-10-6-3-7-11-8(12)13/h10-11H,1-7,9H2,(H,12,13). The average Bonchev–Trinajstić information content (AvgIpc) is 2.09. The van der Waals surface area contributed by atoms with E-state index >= 15 is 0 Å². The first-order chi connectivity index (χ1) is 6.27. The van der Waals surface area contributed by atoms with Crippen molar-refractivity contribution in [1.29, 1.82) is 0 Å². The maximum absolute atomic E-state index is 10.0. The van der Waals surface area contributed by atoms with Crippen molar-refractivity contribution in [1.82, 2.24) is 10.6 Å². The van der Waals surface area contributed by atoms with Gasteiger partial charge < -0.3 is 21.5 Å². The molecule has 0 aromatic heterocycles. The number of nitrogens with one attached hydrogen (secondary N) is 2. The molecule has 5 heteroatoms. The van der Waals surface area contributed by atoms with E-state index in [4.69, 9.17) is 10.8 Å². The van der Waals surface area contributed by atoms with Gasteiger partial charge in [-0.1, -0.05) is 0 Å². The first kappa shape index (κ1) is 12.2. The summed E-state index contributed by atoms with van der Waals surface area (Å²) in [4.78, 5) is 10.0. The van der Waals surface area contributed by atoms with Gasteiger partial charge >= 0.3 is 6.09 Å². The topological polar surface area (TPSA) is 87.4 Å². The predicted octanol–water partition coefficient (Wildman–Crippen LogP) is -0.0274. The van der Waals surface area contributed by atoms with Crippen molar-refractivity contribution in [3.05, 3.63) is 0 Å². The van der Waals surface area contributed by atoms with Crippen LogP contribution in [0.5, 0.6) is 0 Å². The van der Waals surface area contributed by atoms with Gasteiger partial charge in [0.15, 0.2) is 0 Å². The lowest BCUT2D eigenvalue weighted by Crippen LogP contribution is -2.26. The van der Waals surface area contributed by atoms with E-state index in [1.54, 1.807) is 0 Å². The van der Waals surface area contributed by atoms with Crippen molar-refractivity contribution in [3.63, 3.8) is 0 Å². The summed E-state index contributed by atoms with van der Waals surface area (Å²) in [6.45, 7) is 3.07. The van der Waals surface area contributed by atoms with E-state index in [1.165, 1.54) is 0 Å². The molecule has 0 aliphatic heterocycles. The van der Waals surface area contributed by atoms with Gasteiger partial charge in [0.1, 0.15) is 0 Å². The summed E-state index contributed by atoms with van der Waals surface area (Å²) in [5.74, 6) is 0. The zero-order chi connectivity index (χ0) is 9.94. The SMILES string of the molecule is NCCCCNCCCNC(=O)O. The molecule has 0 atom stereocenters. The highest BCUT2D eigenvalue weighted by atomic mass is 16.4. The molecule has 1 amide bonds. The molecule has 0 aromatic carbocycles. The van der Waals surface area contributed by atoms with Crippen LogP contribution in [0.2, 0.25) is 0 Å². The average molecular weight is 189 g/mol. The van der Waals surface area contributed by atoms with Crippen molar-refractivity contribution >= 4 is 6.09 Å². The molecule has 0 rings (SSSR count). The van der Waals surface area contributed by atoms with Crippen LogP contribution in [0.3, 0.4) is 0 Å². The quantitative estimate of drug-likeness (QED) is 0.404. The molecule has 0 heterocycles. The van der Waals surface area contributed by atoms with Gasteiger partial charge in [0, 0.05) is 6.54 Å². The van der Waals surface area contributed by atoms with Gasteiger partial charge in [-0.2, -0.15) is 0 Å². The molecular weight excluding hydrogens is 170 g/mol. The van der Waals surface area contributed by atoms with Gasteiger partial charge in [-0.25, -0.2) is 4.79 Å². The number of carboxylic acid groups (broad SMARTS) is 1. The van der Waals surface area contributed by atoms with Gasteiger partial charge in [-0.15, -0.1) is 0 Å². The van der Waals surface area contributed by atoms with Crippen LogP contribution in [0.25, 0.3) is 0 Å². The van der Waals surface area contributed by atoms with Crippen LogP contribution >= 0.6 is 0 Å². The van der Waals surface area contributed by atoms with Crippen molar-refractivity contribution in [2.24, 2.45) is 5.73 Å². The van der Waals surface area contributed by atoms with Gasteiger partial charge in [-0.3, -0.25) is 0 Å². The molecule has 13 heavy (non-hydrogen) atoms. The van der Waals surface area contributed by atoms with Crippen LogP contribution in [0, 0.1) is 0 Å². The molecular formula is C8H19N3O2. The highest BCUT2D eigenvalue weighted by molar-refractivity contribution is 5.64. The summed E-state index contributed by atoms with van der Waals surface area (Å²) in [7, 11) is 0. The minimum absolute atomic E-state index is 0.513. The Kier molecular flexibility index (Phi) is 8.70. The number of nitrogens with two attached hydrogens (primary N) is 1. The number of amides is 1. The molecule has 0 aliphatic carbocycles. The van der Waals surface area contributed by atoms with Crippen LogP contribution in [0.4, 0.5) is 4.79 Å². The van der Waals surface area contributed by atoms with Gasteiger partial charge in [0.25, 0.3) is 0 Å². The first-order valence-electron chi connectivity index (χ1n) is 4.65. The monoisotopic (exact) mass is 189 g/mol. The Balaban J connectivity index is 2.87. The second-order valence-electron chi connectivity index (χ2n) is 2.83. The van der Waals surface area contributed by atoms with E-state index in [2.05, 4.69) is 10.6 Å². The molecule has 0 aromatic rings. The second-order valence-corrected chi connectivity index (χ2v) is 2.83. The van der Waals surface area contributed by atoms with E-state index in [9.17, 15) is 4.79 Å². The second kappa shape index (κ2) is 9.28. The van der Waals surface area contributed by atoms with Crippen LogP contribution in [0.1, 0.15) is 19.3 Å². The summed E-state index contributed by atoms with van der Waals surface area (Å²) >= 11 is 0. The van der Waals surface area contributed by atoms with Crippen LogP contribution in [0.15, 0.2) is 0 Å². The third kappa shape index (κ3) is 11.2. The van der Waals surface area contributed by atoms with Gasteiger partial charge in [0.2, 0.25) is 0 Å².